The van der Waals surface area contributed by atoms with E-state index in [2.05, 4.69) is 37.1 Å². The van der Waals surface area contributed by atoms with Crippen LogP contribution in [0.5, 0.6) is 0 Å². The minimum atomic E-state index is -0.130. The molecule has 7 heteroatoms. The number of hydrogen-bond donors (Lipinski definition) is 1. The van der Waals surface area contributed by atoms with Gasteiger partial charge in [0.05, 0.1) is 18.4 Å². The van der Waals surface area contributed by atoms with E-state index < -0.39 is 0 Å². The number of hydrogen-bond acceptors (Lipinski definition) is 3. The number of fused-ring (bicyclic) bond motifs is 1. The van der Waals surface area contributed by atoms with Crippen LogP contribution in [0.2, 0.25) is 0 Å². The Bertz CT molecular complexity index is 507. The fraction of sp³-hybridized carbons (Fsp3) is 0.375. The van der Waals surface area contributed by atoms with E-state index in [4.69, 9.17) is 0 Å². The van der Waals surface area contributed by atoms with Crippen LogP contribution in [0.3, 0.4) is 0 Å². The topological polar surface area (TPSA) is 63.6 Å². The minimum Gasteiger partial charge on any atom is -0.311 e. The first kappa shape index (κ1) is 12.6. The van der Waals surface area contributed by atoms with Crippen LogP contribution in [0.1, 0.15) is 19.5 Å². The molecule has 5 nitrogen and oxygen atoms in total. The largest absolute Gasteiger partial charge is 0.311 e. The van der Waals surface area contributed by atoms with Gasteiger partial charge >= 0.3 is 0 Å². The van der Waals surface area contributed by atoms with Crippen LogP contribution in [-0.2, 0) is 0 Å². The Balaban J connectivity index is 0.000000531. The van der Waals surface area contributed by atoms with E-state index in [9.17, 15) is 4.79 Å². The zero-order valence-electron chi connectivity index (χ0n) is 8.71. The van der Waals surface area contributed by atoms with Gasteiger partial charge in [-0.25, -0.2) is 9.44 Å². The molecule has 0 saturated heterocycles. The predicted octanol–water partition coefficient (Wildman–Crippen LogP) is 2.25. The zero-order chi connectivity index (χ0) is 11.4. The number of halogens is 1. The Morgan fingerprint density at radius 1 is 1.53 bits per heavy atom. The maximum absolute atomic E-state index is 11.4. The Morgan fingerprint density at radius 3 is 2.80 bits per heavy atom. The summed E-state index contributed by atoms with van der Waals surface area (Å²) < 4.78 is 1.68. The van der Waals surface area contributed by atoms with Crippen LogP contribution < -0.4 is 5.56 Å². The summed E-state index contributed by atoms with van der Waals surface area (Å²) in [6, 6.07) is 0. The Hall–Kier alpha value is -0.490. The van der Waals surface area contributed by atoms with Crippen LogP contribution in [0.25, 0.3) is 11.0 Å². The molecule has 1 atom stereocenters. The fourth-order valence-corrected chi connectivity index (χ4v) is 2.69. The average Bonchev–Trinajstić information content (AvgIpc) is 2.60. The highest BCUT2D eigenvalue weighted by atomic mass is 127. The summed E-state index contributed by atoms with van der Waals surface area (Å²) in [5.74, 6) is 0. The van der Waals surface area contributed by atoms with E-state index in [-0.39, 0.29) is 5.56 Å². The lowest BCUT2D eigenvalue weighted by Crippen LogP contribution is -2.08. The number of H-pyrrole nitrogens is 1. The van der Waals surface area contributed by atoms with Gasteiger partial charge < -0.3 is 4.98 Å². The van der Waals surface area contributed by atoms with Gasteiger partial charge in [-0.05, 0) is 29.0 Å². The molecular weight excluding hydrogens is 326 g/mol. The summed E-state index contributed by atoms with van der Waals surface area (Å²) in [7, 11) is 0. The van der Waals surface area contributed by atoms with Gasteiger partial charge in [0.15, 0.2) is 5.52 Å². The number of rotatable bonds is 1. The monoisotopic (exact) mass is 338 g/mol. The van der Waals surface area contributed by atoms with Crippen molar-refractivity contribution in [1.29, 1.82) is 0 Å². The van der Waals surface area contributed by atoms with Crippen molar-refractivity contribution in [2.45, 2.75) is 20.8 Å². The number of aromatic amines is 1. The van der Waals surface area contributed by atoms with Gasteiger partial charge in [-0.15, -0.1) is 0 Å². The van der Waals surface area contributed by atoms with Gasteiger partial charge in [0.1, 0.15) is 5.52 Å². The van der Waals surface area contributed by atoms with Crippen molar-refractivity contribution in [3.05, 3.63) is 22.4 Å². The molecule has 0 saturated carbocycles. The molecule has 2 heterocycles. The summed E-state index contributed by atoms with van der Waals surface area (Å²) in [6.45, 7) is 5.85. The molecule has 15 heavy (non-hydrogen) atoms. The lowest BCUT2D eigenvalue weighted by Gasteiger charge is -1.92. The van der Waals surface area contributed by atoms with Gasteiger partial charge in [0, 0.05) is 0 Å². The standard InChI is InChI=1S/C6H6IN4OP.C2H6/c1-3-4-5(11(10-3)13-7)6(12)9-2-8-4;1-2/h2,13H,1H3,(H,8,9,12);1-2H3. The van der Waals surface area contributed by atoms with Crippen LogP contribution in [-0.4, -0.2) is 19.5 Å². The van der Waals surface area contributed by atoms with E-state index in [1.165, 1.54) is 6.33 Å². The van der Waals surface area contributed by atoms with E-state index in [1.807, 2.05) is 20.8 Å². The molecule has 82 valence electrons. The molecule has 0 bridgehead atoms. The maximum atomic E-state index is 11.4. The summed E-state index contributed by atoms with van der Waals surface area (Å²) in [4.78, 5) is 18.0. The third-order valence-corrected chi connectivity index (χ3v) is 3.57. The lowest BCUT2D eigenvalue weighted by molar-refractivity contribution is 0.996. The maximum Gasteiger partial charge on any atom is 0.277 e. The molecular formula is C8H12IN4OP. The Labute approximate surface area is 102 Å². The highest BCUT2D eigenvalue weighted by Crippen LogP contribution is 2.26. The second-order valence-electron chi connectivity index (χ2n) is 2.51. The van der Waals surface area contributed by atoms with E-state index in [0.29, 0.717) is 17.4 Å². The summed E-state index contributed by atoms with van der Waals surface area (Å²) >= 11 is 2.18. The van der Waals surface area contributed by atoms with E-state index in [0.717, 1.165) is 5.69 Å². The van der Waals surface area contributed by atoms with Gasteiger partial charge in [-0.1, -0.05) is 13.8 Å². The molecule has 0 aliphatic heterocycles. The van der Waals surface area contributed by atoms with Crippen molar-refractivity contribution in [3.8, 4) is 0 Å². The van der Waals surface area contributed by atoms with Crippen molar-refractivity contribution in [2.75, 3.05) is 0 Å². The molecule has 0 spiro atoms. The van der Waals surface area contributed by atoms with Crippen LogP contribution >= 0.6 is 28.4 Å². The lowest BCUT2D eigenvalue weighted by atomic mass is 10.4. The number of aromatic nitrogens is 4. The van der Waals surface area contributed by atoms with Crippen LogP contribution in [0.15, 0.2) is 11.1 Å². The highest BCUT2D eigenvalue weighted by molar-refractivity contribution is 14.2. The van der Waals surface area contributed by atoms with Crippen LogP contribution in [0, 0.1) is 6.92 Å². The van der Waals surface area contributed by atoms with Crippen molar-refractivity contribution in [1.82, 2.24) is 19.5 Å². The molecule has 1 N–H and O–H groups in total. The molecule has 1 unspecified atom stereocenters. The van der Waals surface area contributed by atoms with Crippen molar-refractivity contribution >= 4 is 39.4 Å². The molecule has 0 radical (unpaired) electrons. The first-order valence-corrected chi connectivity index (χ1v) is 8.60. The average molecular weight is 338 g/mol. The molecule has 0 fully saturated rings. The molecule has 2 aromatic heterocycles. The van der Waals surface area contributed by atoms with E-state index >= 15 is 0 Å². The summed E-state index contributed by atoms with van der Waals surface area (Å²) in [5, 5.41) is 4.21. The third kappa shape index (κ3) is 2.36. The van der Waals surface area contributed by atoms with Crippen molar-refractivity contribution < 1.29 is 0 Å². The highest BCUT2D eigenvalue weighted by Gasteiger charge is 2.10. The van der Waals surface area contributed by atoms with E-state index in [1.54, 1.807) is 4.45 Å². The zero-order valence-corrected chi connectivity index (χ0v) is 11.9. The van der Waals surface area contributed by atoms with Crippen molar-refractivity contribution in [2.24, 2.45) is 0 Å². The molecule has 2 aromatic rings. The number of nitrogens with zero attached hydrogens (tertiary/aromatic N) is 3. The molecule has 0 aromatic carbocycles. The van der Waals surface area contributed by atoms with Crippen LogP contribution in [0.4, 0.5) is 0 Å². The summed E-state index contributed by atoms with van der Waals surface area (Å²) in [5.41, 5.74) is 1.92. The Kier molecular flexibility index (Phi) is 4.66. The summed E-state index contributed by atoms with van der Waals surface area (Å²) in [6.07, 6.45) is 1.82. The molecule has 0 amide bonds. The van der Waals surface area contributed by atoms with Gasteiger partial charge in [-0.3, -0.25) is 4.79 Å². The van der Waals surface area contributed by atoms with Gasteiger partial charge in [0.25, 0.3) is 5.56 Å². The number of aryl methyl sites for hydroxylation is 1. The molecule has 0 aliphatic rings. The van der Waals surface area contributed by atoms with Crippen molar-refractivity contribution in [3.63, 3.8) is 0 Å². The van der Waals surface area contributed by atoms with Gasteiger partial charge in [0.2, 0.25) is 0 Å². The Morgan fingerprint density at radius 2 is 2.20 bits per heavy atom. The first-order valence-electron chi connectivity index (χ1n) is 4.53. The third-order valence-electron chi connectivity index (χ3n) is 1.71. The second kappa shape index (κ2) is 5.55. The SMILES string of the molecule is CC.Cc1nn(PI)c2c(=O)[nH]cnc12. The predicted molar refractivity (Wildman–Crippen MR) is 72.0 cm³/mol. The first-order chi connectivity index (χ1) is 7.24. The second-order valence-corrected chi connectivity index (χ2v) is 4.55. The normalized spacial score (nSPS) is 10.7. The minimum absolute atomic E-state index is 0.130. The quantitative estimate of drug-likeness (QED) is 0.641. The molecule has 0 aliphatic carbocycles. The fourth-order valence-electron chi connectivity index (χ4n) is 1.16. The number of nitrogens with one attached hydrogen (secondary N) is 1. The molecule has 2 rings (SSSR count). The smallest absolute Gasteiger partial charge is 0.277 e. The van der Waals surface area contributed by atoms with Gasteiger partial charge in [-0.2, -0.15) is 5.10 Å².